The van der Waals surface area contributed by atoms with Crippen LogP contribution in [0.15, 0.2) is 6.07 Å². The Labute approximate surface area is 92.9 Å². The molecule has 0 amide bonds. The van der Waals surface area contributed by atoms with Crippen LogP contribution >= 0.6 is 15.9 Å². The van der Waals surface area contributed by atoms with Gasteiger partial charge in [0.2, 0.25) is 0 Å². The summed E-state index contributed by atoms with van der Waals surface area (Å²) in [5.41, 5.74) is -0.647. The maximum absolute atomic E-state index is 13.4. The van der Waals surface area contributed by atoms with Crippen LogP contribution in [0.4, 0.5) is 13.2 Å². The second-order valence-electron chi connectivity index (χ2n) is 2.74. The van der Waals surface area contributed by atoms with Gasteiger partial charge in [-0.2, -0.15) is 5.26 Å². The van der Waals surface area contributed by atoms with Gasteiger partial charge in [0.15, 0.2) is 0 Å². The number of nitrogens with zero attached hydrogens (tertiary/aromatic N) is 2. The van der Waals surface area contributed by atoms with Gasteiger partial charge in [0.05, 0.1) is 18.2 Å². The predicted octanol–water partition coefficient (Wildman–Crippen LogP) is 3.12. The standard InChI is InChI=1S/C9H6BrF3N2/c10-4-5-3-7(9(12)13)15-6(1-2-14)8(5)11/h3,9H,1,4H2. The number of rotatable bonds is 3. The predicted molar refractivity (Wildman–Crippen MR) is 51.1 cm³/mol. The molecule has 0 bridgehead atoms. The molecule has 1 heterocycles. The third-order valence-electron chi connectivity index (χ3n) is 1.74. The molecule has 1 aromatic heterocycles. The average Bonchev–Trinajstić information content (AvgIpc) is 2.21. The summed E-state index contributed by atoms with van der Waals surface area (Å²) in [6.07, 6.45) is -3.08. The average molecular weight is 279 g/mol. The molecule has 0 fully saturated rings. The zero-order valence-corrected chi connectivity index (χ0v) is 9.06. The number of aromatic nitrogens is 1. The van der Waals surface area contributed by atoms with Crippen LogP contribution in [0.3, 0.4) is 0 Å². The molecule has 0 aliphatic heterocycles. The largest absolute Gasteiger partial charge is 0.280 e. The van der Waals surface area contributed by atoms with Crippen LogP contribution in [0.5, 0.6) is 0 Å². The van der Waals surface area contributed by atoms with E-state index >= 15 is 0 Å². The van der Waals surface area contributed by atoms with Gasteiger partial charge in [-0.25, -0.2) is 18.2 Å². The molecule has 0 aliphatic rings. The van der Waals surface area contributed by atoms with E-state index in [1.807, 2.05) is 0 Å². The fourth-order valence-corrected chi connectivity index (χ4v) is 1.47. The molecule has 6 heteroatoms. The van der Waals surface area contributed by atoms with Crippen molar-refractivity contribution in [2.24, 2.45) is 0 Å². The second kappa shape index (κ2) is 5.12. The quantitative estimate of drug-likeness (QED) is 0.797. The van der Waals surface area contributed by atoms with Crippen molar-refractivity contribution in [1.82, 2.24) is 4.98 Å². The normalized spacial score (nSPS) is 10.4. The van der Waals surface area contributed by atoms with Crippen molar-refractivity contribution in [2.75, 3.05) is 0 Å². The van der Waals surface area contributed by atoms with E-state index in [0.717, 1.165) is 6.07 Å². The first kappa shape index (κ1) is 12.0. The van der Waals surface area contributed by atoms with Gasteiger partial charge >= 0.3 is 0 Å². The number of hydrogen-bond acceptors (Lipinski definition) is 2. The van der Waals surface area contributed by atoms with Gasteiger partial charge in [-0.1, -0.05) is 15.9 Å². The minimum Gasteiger partial charge on any atom is -0.248 e. The van der Waals surface area contributed by atoms with Crippen molar-refractivity contribution in [3.05, 3.63) is 28.8 Å². The lowest BCUT2D eigenvalue weighted by Gasteiger charge is -2.06. The first-order valence-electron chi connectivity index (χ1n) is 3.99. The SMILES string of the molecule is N#CCc1nc(C(F)F)cc(CBr)c1F. The molecule has 0 saturated carbocycles. The summed E-state index contributed by atoms with van der Waals surface area (Å²) in [6, 6.07) is 2.68. The molecule has 0 saturated heterocycles. The summed E-state index contributed by atoms with van der Waals surface area (Å²) in [7, 11) is 0. The van der Waals surface area contributed by atoms with E-state index in [4.69, 9.17) is 5.26 Å². The van der Waals surface area contributed by atoms with E-state index in [1.165, 1.54) is 0 Å². The fraction of sp³-hybridized carbons (Fsp3) is 0.333. The van der Waals surface area contributed by atoms with Gasteiger partial charge in [0.25, 0.3) is 6.43 Å². The van der Waals surface area contributed by atoms with E-state index in [-0.39, 0.29) is 23.0 Å². The molecule has 15 heavy (non-hydrogen) atoms. The van der Waals surface area contributed by atoms with Crippen LogP contribution < -0.4 is 0 Å². The molecule has 1 aromatic rings. The minimum atomic E-state index is -2.76. The molecule has 80 valence electrons. The van der Waals surface area contributed by atoms with Gasteiger partial charge in [-0.15, -0.1) is 0 Å². The smallest absolute Gasteiger partial charge is 0.248 e. The van der Waals surface area contributed by atoms with Gasteiger partial charge in [0.1, 0.15) is 11.5 Å². The van der Waals surface area contributed by atoms with Gasteiger partial charge in [0, 0.05) is 10.9 Å². The Bertz CT molecular complexity index is 401. The van der Waals surface area contributed by atoms with E-state index in [2.05, 4.69) is 20.9 Å². The highest BCUT2D eigenvalue weighted by Crippen LogP contribution is 2.22. The van der Waals surface area contributed by atoms with E-state index < -0.39 is 17.9 Å². The maximum atomic E-state index is 13.4. The highest BCUT2D eigenvalue weighted by Gasteiger charge is 2.16. The highest BCUT2D eigenvalue weighted by molar-refractivity contribution is 9.08. The van der Waals surface area contributed by atoms with Gasteiger partial charge in [-0.05, 0) is 6.07 Å². The Hall–Kier alpha value is -1.09. The van der Waals surface area contributed by atoms with Crippen molar-refractivity contribution in [1.29, 1.82) is 5.26 Å². The number of nitriles is 1. The summed E-state index contributed by atoms with van der Waals surface area (Å²) >= 11 is 2.98. The van der Waals surface area contributed by atoms with Gasteiger partial charge < -0.3 is 0 Å². The molecule has 0 aromatic carbocycles. The van der Waals surface area contributed by atoms with Crippen molar-refractivity contribution in [3.63, 3.8) is 0 Å². The third-order valence-corrected chi connectivity index (χ3v) is 2.34. The fourth-order valence-electron chi connectivity index (χ4n) is 1.07. The highest BCUT2D eigenvalue weighted by atomic mass is 79.9. The Morgan fingerprint density at radius 2 is 2.20 bits per heavy atom. The summed E-state index contributed by atoms with van der Waals surface area (Å²) in [6.45, 7) is 0. The summed E-state index contributed by atoms with van der Waals surface area (Å²) in [5, 5.41) is 8.49. The summed E-state index contributed by atoms with van der Waals surface area (Å²) < 4.78 is 38.1. The Morgan fingerprint density at radius 1 is 1.53 bits per heavy atom. The molecular weight excluding hydrogens is 273 g/mol. The molecule has 0 radical (unpaired) electrons. The first-order chi connectivity index (χ1) is 7.10. The zero-order chi connectivity index (χ0) is 11.4. The van der Waals surface area contributed by atoms with E-state index in [9.17, 15) is 13.2 Å². The van der Waals surface area contributed by atoms with Crippen molar-refractivity contribution in [2.45, 2.75) is 18.2 Å². The Morgan fingerprint density at radius 3 is 2.67 bits per heavy atom. The van der Waals surface area contributed by atoms with Crippen LogP contribution in [-0.4, -0.2) is 4.98 Å². The minimum absolute atomic E-state index is 0.0885. The molecule has 1 rings (SSSR count). The lowest BCUT2D eigenvalue weighted by molar-refractivity contribution is 0.145. The van der Waals surface area contributed by atoms with E-state index in [0.29, 0.717) is 0 Å². The number of halogens is 4. The number of hydrogen-bond donors (Lipinski definition) is 0. The zero-order valence-electron chi connectivity index (χ0n) is 7.48. The lowest BCUT2D eigenvalue weighted by atomic mass is 10.1. The molecule has 0 spiro atoms. The lowest BCUT2D eigenvalue weighted by Crippen LogP contribution is -2.03. The Kier molecular flexibility index (Phi) is 4.09. The van der Waals surface area contributed by atoms with E-state index in [1.54, 1.807) is 6.07 Å². The topological polar surface area (TPSA) is 36.7 Å². The maximum Gasteiger partial charge on any atom is 0.280 e. The molecule has 0 N–H and O–H groups in total. The van der Waals surface area contributed by atoms with Crippen molar-refractivity contribution in [3.8, 4) is 6.07 Å². The van der Waals surface area contributed by atoms with Crippen molar-refractivity contribution >= 4 is 15.9 Å². The first-order valence-corrected chi connectivity index (χ1v) is 5.11. The number of pyridine rings is 1. The Balaban J connectivity index is 3.26. The molecular formula is C9H6BrF3N2. The van der Waals surface area contributed by atoms with Crippen LogP contribution in [0, 0.1) is 17.1 Å². The molecule has 0 atom stereocenters. The molecule has 0 aliphatic carbocycles. The molecule has 2 nitrogen and oxygen atoms in total. The molecule has 0 unspecified atom stereocenters. The monoisotopic (exact) mass is 278 g/mol. The summed E-state index contributed by atoms with van der Waals surface area (Å²) in [4.78, 5) is 3.40. The van der Waals surface area contributed by atoms with Crippen LogP contribution in [-0.2, 0) is 11.8 Å². The van der Waals surface area contributed by atoms with Crippen LogP contribution in [0.25, 0.3) is 0 Å². The second-order valence-corrected chi connectivity index (χ2v) is 3.30. The van der Waals surface area contributed by atoms with Gasteiger partial charge in [-0.3, -0.25) is 0 Å². The van der Waals surface area contributed by atoms with Crippen molar-refractivity contribution < 1.29 is 13.2 Å². The third kappa shape index (κ3) is 2.69. The van der Waals surface area contributed by atoms with Crippen LogP contribution in [0.2, 0.25) is 0 Å². The summed E-state index contributed by atoms with van der Waals surface area (Å²) in [5.74, 6) is -0.696. The number of alkyl halides is 3. The van der Waals surface area contributed by atoms with Crippen LogP contribution in [0.1, 0.15) is 23.4 Å².